The second kappa shape index (κ2) is 29.2. The molecule has 0 fully saturated rings. The zero-order valence-corrected chi connectivity index (χ0v) is 11.0. The molecule has 0 aliphatic heterocycles. The highest BCUT2D eigenvalue weighted by atomic mass is 16.4. The van der Waals surface area contributed by atoms with Crippen molar-refractivity contribution in [3.8, 4) is 0 Å². The second-order valence-electron chi connectivity index (χ2n) is 2.82. The summed E-state index contributed by atoms with van der Waals surface area (Å²) in [5.41, 5.74) is 0. The zero-order chi connectivity index (χ0) is 14.0. The number of carbonyl (C=O) groups is 2. The third-order valence-electron chi connectivity index (χ3n) is 0.512. The molecule has 0 radical (unpaired) electrons. The van der Waals surface area contributed by atoms with E-state index in [1.54, 1.807) is 6.92 Å². The molecule has 0 spiro atoms. The molecular formula is C11H26O5. The maximum absolute atomic E-state index is 9.44. The lowest BCUT2D eigenvalue weighted by Crippen LogP contribution is -1.78. The van der Waals surface area contributed by atoms with Gasteiger partial charge in [0.15, 0.2) is 0 Å². The minimum Gasteiger partial charge on any atom is -0.481 e. The number of aliphatic hydroxyl groups excluding tert-OH is 2. The number of carbonyl (C=O) groups excluding carboxylic acids is 1. The van der Waals surface area contributed by atoms with Crippen LogP contribution in [0.25, 0.3) is 0 Å². The molecule has 3 N–H and O–H groups in total. The van der Waals surface area contributed by atoms with Gasteiger partial charge in [-0.15, -0.1) is 0 Å². The smallest absolute Gasteiger partial charge is 0.300 e. The van der Waals surface area contributed by atoms with Gasteiger partial charge >= 0.3 is 0 Å². The molecule has 0 saturated carbocycles. The summed E-state index contributed by atoms with van der Waals surface area (Å²) < 4.78 is 0. The van der Waals surface area contributed by atoms with Crippen molar-refractivity contribution in [2.45, 2.75) is 47.5 Å². The lowest BCUT2D eigenvalue weighted by Gasteiger charge is -1.79. The van der Waals surface area contributed by atoms with Crippen molar-refractivity contribution in [1.29, 1.82) is 0 Å². The number of ketones is 1. The molecule has 0 aromatic carbocycles. The van der Waals surface area contributed by atoms with Crippen LogP contribution in [0.15, 0.2) is 0 Å². The summed E-state index contributed by atoms with van der Waals surface area (Å²) >= 11 is 0. The Hall–Kier alpha value is -0.940. The van der Waals surface area contributed by atoms with Crippen molar-refractivity contribution in [3.63, 3.8) is 0 Å². The molecule has 16 heavy (non-hydrogen) atoms. The predicted molar refractivity (Wildman–Crippen MR) is 64.4 cm³/mol. The van der Waals surface area contributed by atoms with Gasteiger partial charge in [0.1, 0.15) is 5.78 Å². The van der Waals surface area contributed by atoms with Crippen molar-refractivity contribution in [2.24, 2.45) is 0 Å². The zero-order valence-electron chi connectivity index (χ0n) is 11.0. The second-order valence-corrected chi connectivity index (χ2v) is 2.82. The molecule has 0 saturated heterocycles. The van der Waals surface area contributed by atoms with Crippen LogP contribution in [0, 0.1) is 0 Å². The monoisotopic (exact) mass is 238 g/mol. The molecule has 0 amide bonds. The van der Waals surface area contributed by atoms with Crippen LogP contribution in [-0.4, -0.2) is 40.3 Å². The molecule has 0 heterocycles. The van der Waals surface area contributed by atoms with Crippen molar-refractivity contribution in [3.05, 3.63) is 0 Å². The van der Waals surface area contributed by atoms with E-state index >= 15 is 0 Å². The summed E-state index contributed by atoms with van der Waals surface area (Å²) in [5.74, 6) is -0.667. The van der Waals surface area contributed by atoms with E-state index < -0.39 is 5.97 Å². The molecule has 5 heteroatoms. The fraction of sp³-hybridized carbons (Fsp3) is 0.818. The van der Waals surface area contributed by atoms with Gasteiger partial charge in [0, 0.05) is 20.1 Å². The first-order chi connectivity index (χ1) is 7.29. The average Bonchev–Trinajstić information content (AvgIpc) is 2.04. The molecular weight excluding hydrogens is 212 g/mol. The third kappa shape index (κ3) is 1690. The third-order valence-corrected chi connectivity index (χ3v) is 0.512. The summed E-state index contributed by atoms with van der Waals surface area (Å²) in [5, 5.41) is 23.1. The van der Waals surface area contributed by atoms with E-state index in [2.05, 4.69) is 6.92 Å². The van der Waals surface area contributed by atoms with Crippen LogP contribution in [0.5, 0.6) is 0 Å². The maximum atomic E-state index is 9.44. The van der Waals surface area contributed by atoms with Crippen molar-refractivity contribution >= 4 is 11.8 Å². The normalized spacial score (nSPS) is 6.94. The van der Waals surface area contributed by atoms with Crippen LogP contribution in [0.2, 0.25) is 0 Å². The summed E-state index contributed by atoms with van der Waals surface area (Å²) in [6.07, 6.45) is 2.04. The summed E-state index contributed by atoms with van der Waals surface area (Å²) in [7, 11) is 0. The minimum atomic E-state index is -0.833. The van der Waals surface area contributed by atoms with Gasteiger partial charge < -0.3 is 20.1 Å². The summed E-state index contributed by atoms with van der Waals surface area (Å²) in [6, 6.07) is 0. The van der Waals surface area contributed by atoms with Crippen LogP contribution in [0.3, 0.4) is 0 Å². The summed E-state index contributed by atoms with van der Waals surface area (Å²) in [6.45, 7) is 8.46. The molecule has 0 aromatic heterocycles. The van der Waals surface area contributed by atoms with E-state index in [0.717, 1.165) is 19.8 Å². The number of hydrogen-bond donors (Lipinski definition) is 3. The molecule has 100 valence electrons. The van der Waals surface area contributed by atoms with Gasteiger partial charge in [-0.3, -0.25) is 4.79 Å². The Kier molecular flexibility index (Phi) is 44.4. The van der Waals surface area contributed by atoms with E-state index in [0.29, 0.717) is 6.61 Å². The van der Waals surface area contributed by atoms with Crippen molar-refractivity contribution in [1.82, 2.24) is 0 Å². The molecule has 0 aliphatic carbocycles. The summed E-state index contributed by atoms with van der Waals surface area (Å²) in [4.78, 5) is 18.4. The van der Waals surface area contributed by atoms with Gasteiger partial charge in [-0.1, -0.05) is 13.3 Å². The predicted octanol–water partition coefficient (Wildman–Crippen LogP) is 1.46. The number of carboxylic acids is 1. The molecule has 0 aliphatic rings. The van der Waals surface area contributed by atoms with Crippen LogP contribution in [-0.2, 0) is 9.59 Å². The number of aliphatic hydroxyl groups is 2. The van der Waals surface area contributed by atoms with Gasteiger partial charge in [0.25, 0.3) is 5.97 Å². The number of hydrogen-bond acceptors (Lipinski definition) is 4. The van der Waals surface area contributed by atoms with E-state index in [-0.39, 0.29) is 12.4 Å². The quantitative estimate of drug-likeness (QED) is 0.677. The molecule has 0 unspecified atom stereocenters. The SMILES string of the molecule is CC(=O)O.CC(C)=O.CCCCO.CCO. The molecule has 0 rings (SSSR count). The first-order valence-corrected chi connectivity index (χ1v) is 5.18. The van der Waals surface area contributed by atoms with Gasteiger partial charge in [-0.05, 0) is 27.2 Å². The Morgan fingerprint density at radius 3 is 1.19 bits per heavy atom. The fourth-order valence-corrected chi connectivity index (χ4v) is 0.158. The van der Waals surface area contributed by atoms with E-state index in [9.17, 15) is 4.79 Å². The van der Waals surface area contributed by atoms with Crippen LogP contribution in [0.1, 0.15) is 47.5 Å². The van der Waals surface area contributed by atoms with Crippen LogP contribution < -0.4 is 0 Å². The van der Waals surface area contributed by atoms with Gasteiger partial charge in [0.2, 0.25) is 0 Å². The number of aliphatic carboxylic acids is 1. The van der Waals surface area contributed by atoms with Crippen molar-refractivity contribution in [2.75, 3.05) is 13.2 Å². The Bertz CT molecular complexity index is 112. The lowest BCUT2D eigenvalue weighted by atomic mass is 10.4. The molecule has 0 bridgehead atoms. The Labute approximate surface area is 98.1 Å². The topological polar surface area (TPSA) is 94.8 Å². The Morgan fingerprint density at radius 2 is 1.19 bits per heavy atom. The average molecular weight is 238 g/mol. The number of rotatable bonds is 2. The van der Waals surface area contributed by atoms with Gasteiger partial charge in [0.05, 0.1) is 0 Å². The highest BCUT2D eigenvalue weighted by molar-refractivity contribution is 5.72. The number of Topliss-reactive ketones (excluding diaryl/α,β-unsaturated/α-hetero) is 1. The lowest BCUT2D eigenvalue weighted by molar-refractivity contribution is -0.134. The van der Waals surface area contributed by atoms with Crippen LogP contribution >= 0.6 is 0 Å². The number of carboxylic acid groups (broad SMARTS) is 1. The standard InChI is InChI=1S/C4H10O.C3H6O.C2H4O2.C2H6O/c1-2-3-4-5;1-3(2)4;1-2(3)4;1-2-3/h5H,2-4H2,1H3;1-2H3;1H3,(H,3,4);3H,2H2,1H3. The maximum Gasteiger partial charge on any atom is 0.300 e. The van der Waals surface area contributed by atoms with E-state index in [4.69, 9.17) is 20.1 Å². The van der Waals surface area contributed by atoms with Gasteiger partial charge in [-0.25, -0.2) is 0 Å². The highest BCUT2D eigenvalue weighted by Gasteiger charge is 1.69. The Morgan fingerprint density at radius 1 is 1.00 bits per heavy atom. The Balaban J connectivity index is -0.0000000610. The van der Waals surface area contributed by atoms with Crippen LogP contribution in [0.4, 0.5) is 0 Å². The number of unbranched alkanes of at least 4 members (excludes halogenated alkanes) is 1. The molecule has 5 nitrogen and oxygen atoms in total. The molecule has 0 aromatic rings. The highest BCUT2D eigenvalue weighted by Crippen LogP contribution is 1.78. The fourth-order valence-electron chi connectivity index (χ4n) is 0.158. The minimum absolute atomic E-state index is 0.167. The van der Waals surface area contributed by atoms with Crippen molar-refractivity contribution < 1.29 is 24.9 Å². The first-order valence-electron chi connectivity index (χ1n) is 5.18. The first kappa shape index (κ1) is 24.3. The largest absolute Gasteiger partial charge is 0.481 e. The van der Waals surface area contributed by atoms with Gasteiger partial charge in [-0.2, -0.15) is 0 Å². The van der Waals surface area contributed by atoms with E-state index in [1.807, 2.05) is 0 Å². The van der Waals surface area contributed by atoms with E-state index in [1.165, 1.54) is 13.8 Å². The molecule has 0 atom stereocenters.